The van der Waals surface area contributed by atoms with Gasteiger partial charge in [0.05, 0.1) is 10.3 Å². The van der Waals surface area contributed by atoms with Gasteiger partial charge in [-0.15, -0.1) is 0 Å². The van der Waals surface area contributed by atoms with Crippen LogP contribution in [0.2, 0.25) is 0 Å². The third kappa shape index (κ3) is 6.15. The van der Waals surface area contributed by atoms with Crippen LogP contribution in [-0.2, 0) is 26.8 Å². The summed E-state index contributed by atoms with van der Waals surface area (Å²) in [5.74, 6) is -2.40. The summed E-state index contributed by atoms with van der Waals surface area (Å²) in [7, 11) is -4.03. The van der Waals surface area contributed by atoms with Crippen LogP contribution in [0.4, 0.5) is 8.78 Å². The number of hydrogen-bond acceptors (Lipinski definition) is 4. The number of amides is 1. The molecule has 212 valence electrons. The molecule has 40 heavy (non-hydrogen) atoms. The van der Waals surface area contributed by atoms with Crippen molar-refractivity contribution in [1.82, 2.24) is 14.5 Å². The highest BCUT2D eigenvalue weighted by Crippen LogP contribution is 2.38. The molecule has 1 amide bonds. The Morgan fingerprint density at radius 2 is 1.55 bits per heavy atom. The van der Waals surface area contributed by atoms with Gasteiger partial charge in [-0.25, -0.2) is 17.2 Å². The van der Waals surface area contributed by atoms with Crippen molar-refractivity contribution in [2.45, 2.75) is 48.6 Å². The first-order valence-electron chi connectivity index (χ1n) is 13.5. The zero-order valence-electron chi connectivity index (χ0n) is 22.0. The van der Waals surface area contributed by atoms with Gasteiger partial charge in [-0.3, -0.25) is 9.69 Å². The van der Waals surface area contributed by atoms with Gasteiger partial charge in [0.25, 0.3) is 0 Å². The Kier molecular flexibility index (Phi) is 8.70. The molecule has 2 fully saturated rings. The zero-order valence-corrected chi connectivity index (χ0v) is 24.4. The first-order valence-corrected chi connectivity index (χ1v) is 15.7. The van der Waals surface area contributed by atoms with Crippen LogP contribution >= 0.6 is 15.9 Å². The lowest BCUT2D eigenvalue weighted by molar-refractivity contribution is -0.129. The summed E-state index contributed by atoms with van der Waals surface area (Å²) in [6.45, 7) is 2.80. The molecule has 1 N–H and O–H groups in total. The predicted octanol–water partition coefficient (Wildman–Crippen LogP) is 5.23. The van der Waals surface area contributed by atoms with Gasteiger partial charge in [0.15, 0.2) is 11.6 Å². The number of rotatable bonds is 7. The molecular formula is C30H32BrF2N3O3S. The normalized spacial score (nSPS) is 18.9. The Morgan fingerprint density at radius 1 is 0.900 bits per heavy atom. The first kappa shape index (κ1) is 28.9. The summed E-state index contributed by atoms with van der Waals surface area (Å²) in [4.78, 5) is 16.0. The van der Waals surface area contributed by atoms with Gasteiger partial charge < -0.3 is 5.32 Å². The summed E-state index contributed by atoms with van der Waals surface area (Å²) >= 11 is 3.47. The van der Waals surface area contributed by atoms with E-state index in [1.807, 2.05) is 42.5 Å². The van der Waals surface area contributed by atoms with Gasteiger partial charge in [0.2, 0.25) is 15.9 Å². The van der Waals surface area contributed by atoms with Crippen LogP contribution in [-0.4, -0.2) is 55.8 Å². The topological polar surface area (TPSA) is 69.7 Å². The third-order valence-electron chi connectivity index (χ3n) is 8.11. The number of carbonyl (C=O) groups is 1. The number of carbonyl (C=O) groups excluding carboxylic acids is 1. The maximum atomic E-state index is 13.9. The highest BCUT2D eigenvalue weighted by molar-refractivity contribution is 9.10. The van der Waals surface area contributed by atoms with E-state index in [1.165, 1.54) is 9.87 Å². The standard InChI is InChI=1S/C30H32BrF2N3O3S/c31-24-8-6-22(7-9-24)21-35-16-12-25(13-17-35)34-29(37)30(23-4-2-1-3-5-23)14-18-36(19-15-30)40(38,39)26-10-11-27(32)28(33)20-26/h1-11,20,25H,12-19,21H2,(H,34,37). The van der Waals surface area contributed by atoms with Gasteiger partial charge >= 0.3 is 0 Å². The summed E-state index contributed by atoms with van der Waals surface area (Å²) < 4.78 is 55.9. The fourth-order valence-electron chi connectivity index (χ4n) is 5.71. The minimum absolute atomic E-state index is 0.0400. The van der Waals surface area contributed by atoms with E-state index in [1.54, 1.807) is 0 Å². The predicted molar refractivity (Wildman–Crippen MR) is 153 cm³/mol. The summed E-state index contributed by atoms with van der Waals surface area (Å²) in [5.41, 5.74) is 1.22. The number of halogens is 3. The van der Waals surface area contributed by atoms with Crippen LogP contribution in [0, 0.1) is 11.6 Å². The SMILES string of the molecule is O=C(NC1CCN(Cc2ccc(Br)cc2)CC1)C1(c2ccccc2)CCN(S(=O)(=O)c2ccc(F)c(F)c2)CC1. The van der Waals surface area contributed by atoms with Gasteiger partial charge in [0, 0.05) is 43.2 Å². The Bertz CT molecular complexity index is 1440. The van der Waals surface area contributed by atoms with E-state index in [0.717, 1.165) is 54.6 Å². The summed E-state index contributed by atoms with van der Waals surface area (Å²) in [5, 5.41) is 3.29. The van der Waals surface area contributed by atoms with Crippen molar-refractivity contribution >= 4 is 31.9 Å². The molecule has 3 aromatic carbocycles. The van der Waals surface area contributed by atoms with Crippen molar-refractivity contribution in [3.8, 4) is 0 Å². The smallest absolute Gasteiger partial charge is 0.243 e. The second kappa shape index (κ2) is 12.1. The van der Waals surface area contributed by atoms with Crippen molar-refractivity contribution in [2.75, 3.05) is 26.2 Å². The lowest BCUT2D eigenvalue weighted by Gasteiger charge is -2.42. The van der Waals surface area contributed by atoms with Gasteiger partial charge in [-0.2, -0.15) is 4.31 Å². The minimum atomic E-state index is -4.03. The summed E-state index contributed by atoms with van der Waals surface area (Å²) in [6, 6.07) is 20.4. The Labute approximate surface area is 242 Å². The van der Waals surface area contributed by atoms with Crippen LogP contribution in [0.5, 0.6) is 0 Å². The number of nitrogens with zero attached hydrogens (tertiary/aromatic N) is 2. The molecule has 0 aliphatic carbocycles. The van der Waals surface area contributed by atoms with Crippen molar-refractivity contribution in [2.24, 2.45) is 0 Å². The van der Waals surface area contributed by atoms with E-state index >= 15 is 0 Å². The molecule has 5 rings (SSSR count). The molecular weight excluding hydrogens is 600 g/mol. The molecule has 0 atom stereocenters. The molecule has 2 saturated heterocycles. The molecule has 0 radical (unpaired) electrons. The second-order valence-corrected chi connectivity index (χ2v) is 13.4. The van der Waals surface area contributed by atoms with Crippen molar-refractivity contribution < 1.29 is 22.0 Å². The van der Waals surface area contributed by atoms with Crippen molar-refractivity contribution in [3.05, 3.63) is 100 Å². The van der Waals surface area contributed by atoms with E-state index in [9.17, 15) is 22.0 Å². The van der Waals surface area contributed by atoms with Crippen LogP contribution in [0.25, 0.3) is 0 Å². The molecule has 0 unspecified atom stereocenters. The van der Waals surface area contributed by atoms with E-state index < -0.39 is 27.1 Å². The number of benzene rings is 3. The fourth-order valence-corrected chi connectivity index (χ4v) is 7.42. The zero-order chi connectivity index (χ0) is 28.3. The third-order valence-corrected chi connectivity index (χ3v) is 10.5. The molecule has 2 aliphatic rings. The molecule has 6 nitrogen and oxygen atoms in total. The molecule has 0 aromatic heterocycles. The van der Waals surface area contributed by atoms with Gasteiger partial charge in [0.1, 0.15) is 0 Å². The molecule has 0 saturated carbocycles. The van der Waals surface area contributed by atoms with Crippen LogP contribution in [0.3, 0.4) is 0 Å². The van der Waals surface area contributed by atoms with Crippen molar-refractivity contribution in [3.63, 3.8) is 0 Å². The minimum Gasteiger partial charge on any atom is -0.352 e. The average molecular weight is 633 g/mol. The molecule has 3 aromatic rings. The molecule has 2 aliphatic heterocycles. The lowest BCUT2D eigenvalue weighted by atomic mass is 9.72. The highest BCUT2D eigenvalue weighted by atomic mass is 79.9. The Morgan fingerprint density at radius 3 is 2.17 bits per heavy atom. The quantitative estimate of drug-likeness (QED) is 0.388. The maximum absolute atomic E-state index is 13.9. The molecule has 2 heterocycles. The number of piperidine rings is 2. The monoisotopic (exact) mass is 631 g/mol. The molecule has 0 bridgehead atoms. The van der Waals surface area contributed by atoms with E-state index in [-0.39, 0.29) is 42.8 Å². The fraction of sp³-hybridized carbons (Fsp3) is 0.367. The highest BCUT2D eigenvalue weighted by Gasteiger charge is 2.45. The van der Waals surface area contributed by atoms with Gasteiger partial charge in [-0.05, 0) is 67.1 Å². The number of likely N-dealkylation sites (tertiary alicyclic amines) is 1. The number of nitrogens with one attached hydrogen (secondary N) is 1. The average Bonchev–Trinajstić information content (AvgIpc) is 2.97. The van der Waals surface area contributed by atoms with Crippen LogP contribution in [0.15, 0.2) is 82.2 Å². The Balaban J connectivity index is 1.26. The van der Waals surface area contributed by atoms with E-state index in [0.29, 0.717) is 6.07 Å². The number of sulfonamides is 1. The first-order chi connectivity index (χ1) is 19.2. The van der Waals surface area contributed by atoms with E-state index in [4.69, 9.17) is 0 Å². The Hall–Kier alpha value is -2.66. The van der Waals surface area contributed by atoms with Crippen LogP contribution < -0.4 is 5.32 Å². The number of hydrogen-bond donors (Lipinski definition) is 1. The lowest BCUT2D eigenvalue weighted by Crippen LogP contribution is -2.55. The van der Waals surface area contributed by atoms with Gasteiger partial charge in [-0.1, -0.05) is 58.4 Å². The van der Waals surface area contributed by atoms with E-state index in [2.05, 4.69) is 38.3 Å². The summed E-state index contributed by atoms with van der Waals surface area (Å²) in [6.07, 6.45) is 2.25. The van der Waals surface area contributed by atoms with Crippen molar-refractivity contribution in [1.29, 1.82) is 0 Å². The molecule has 10 heteroatoms. The second-order valence-electron chi connectivity index (χ2n) is 10.6. The molecule has 0 spiro atoms. The largest absolute Gasteiger partial charge is 0.352 e. The maximum Gasteiger partial charge on any atom is 0.243 e. The van der Waals surface area contributed by atoms with Crippen LogP contribution in [0.1, 0.15) is 36.8 Å².